The maximum absolute atomic E-state index is 13.1. The van der Waals surface area contributed by atoms with Gasteiger partial charge in [-0.1, -0.05) is 17.8 Å². The number of allylic oxidation sites excluding steroid dienone is 1. The molecule has 3 heterocycles. The normalized spacial score (nSPS) is 14.0. The lowest BCUT2D eigenvalue weighted by Gasteiger charge is -2.08. The molecule has 0 bridgehead atoms. The maximum atomic E-state index is 13.1. The summed E-state index contributed by atoms with van der Waals surface area (Å²) in [4.78, 5) is 12.3. The van der Waals surface area contributed by atoms with Crippen LogP contribution in [0.25, 0.3) is 11.4 Å². The summed E-state index contributed by atoms with van der Waals surface area (Å²) < 4.78 is 42.1. The summed E-state index contributed by atoms with van der Waals surface area (Å²) in [5.74, 6) is 0.767. The van der Waals surface area contributed by atoms with Crippen LogP contribution in [0, 0.1) is 6.92 Å². The van der Waals surface area contributed by atoms with Crippen LogP contribution in [-0.2, 0) is 11.3 Å². The molecule has 1 N–H and O–H groups in total. The lowest BCUT2D eigenvalue weighted by Crippen LogP contribution is -2.25. The van der Waals surface area contributed by atoms with Gasteiger partial charge in [-0.3, -0.25) is 9.36 Å². The van der Waals surface area contributed by atoms with Crippen molar-refractivity contribution >= 4 is 23.4 Å². The number of anilines is 1. The van der Waals surface area contributed by atoms with E-state index in [1.54, 1.807) is 18.4 Å². The number of hydrogen-bond donors (Lipinski definition) is 1. The van der Waals surface area contributed by atoms with Crippen molar-refractivity contribution in [3.05, 3.63) is 48.9 Å². The van der Waals surface area contributed by atoms with Crippen molar-refractivity contribution in [2.45, 2.75) is 24.9 Å². The largest absolute Gasteiger partial charge is 0.586 e. The molecule has 0 unspecified atom stereocenters. The van der Waals surface area contributed by atoms with Gasteiger partial charge >= 0.3 is 6.29 Å². The van der Waals surface area contributed by atoms with Crippen LogP contribution in [0.2, 0.25) is 0 Å². The molecule has 0 atom stereocenters. The monoisotopic (exact) mass is 434 g/mol. The SMILES string of the molecule is C=CCn1c(SCC(=O)Nc2ccc3c(c2)OC(F)(F)O3)nnc1-c1ccoc1C. The summed E-state index contributed by atoms with van der Waals surface area (Å²) in [5.41, 5.74) is 1.11. The first-order valence-electron chi connectivity index (χ1n) is 8.77. The number of furan rings is 1. The van der Waals surface area contributed by atoms with Crippen LogP contribution in [-0.4, -0.2) is 32.7 Å². The fraction of sp³-hybridized carbons (Fsp3) is 0.211. The van der Waals surface area contributed by atoms with Crippen LogP contribution in [0.4, 0.5) is 14.5 Å². The van der Waals surface area contributed by atoms with Gasteiger partial charge in [0.25, 0.3) is 0 Å². The van der Waals surface area contributed by atoms with E-state index in [9.17, 15) is 13.6 Å². The number of halogens is 2. The molecule has 1 aliphatic rings. The summed E-state index contributed by atoms with van der Waals surface area (Å²) >= 11 is 1.19. The molecule has 30 heavy (non-hydrogen) atoms. The molecule has 11 heteroatoms. The number of amides is 1. The van der Waals surface area contributed by atoms with Gasteiger partial charge in [-0.25, -0.2) is 0 Å². The Morgan fingerprint density at radius 1 is 1.30 bits per heavy atom. The van der Waals surface area contributed by atoms with Gasteiger partial charge < -0.3 is 19.2 Å². The number of carbonyl (C=O) groups excluding carboxylic acids is 1. The zero-order valence-corrected chi connectivity index (χ0v) is 16.5. The molecule has 0 aliphatic carbocycles. The quantitative estimate of drug-likeness (QED) is 0.442. The molecule has 0 saturated carbocycles. The van der Waals surface area contributed by atoms with E-state index in [-0.39, 0.29) is 23.2 Å². The van der Waals surface area contributed by atoms with Crippen molar-refractivity contribution in [1.82, 2.24) is 14.8 Å². The third kappa shape index (κ3) is 4.01. The summed E-state index contributed by atoms with van der Waals surface area (Å²) in [6, 6.07) is 5.83. The molecule has 156 valence electrons. The van der Waals surface area contributed by atoms with E-state index in [1.807, 2.05) is 11.5 Å². The number of alkyl halides is 2. The average Bonchev–Trinajstić information content (AvgIpc) is 3.35. The highest BCUT2D eigenvalue weighted by Gasteiger charge is 2.43. The number of hydrogen-bond acceptors (Lipinski definition) is 7. The number of aryl methyl sites for hydroxylation is 1. The molecule has 0 radical (unpaired) electrons. The fourth-order valence-corrected chi connectivity index (χ4v) is 3.61. The van der Waals surface area contributed by atoms with Gasteiger partial charge in [-0.05, 0) is 25.1 Å². The zero-order chi connectivity index (χ0) is 21.3. The molecular weight excluding hydrogens is 418 g/mol. The first-order valence-corrected chi connectivity index (χ1v) is 9.76. The van der Waals surface area contributed by atoms with E-state index in [2.05, 4.69) is 31.6 Å². The number of ether oxygens (including phenoxy) is 2. The molecule has 1 aliphatic heterocycles. The third-order valence-corrected chi connectivity index (χ3v) is 5.11. The van der Waals surface area contributed by atoms with Crippen LogP contribution < -0.4 is 14.8 Å². The Morgan fingerprint density at radius 3 is 2.83 bits per heavy atom. The Morgan fingerprint density at radius 2 is 2.10 bits per heavy atom. The van der Waals surface area contributed by atoms with Gasteiger partial charge in [0.2, 0.25) is 5.91 Å². The minimum absolute atomic E-state index is 0.0320. The Kier molecular flexibility index (Phi) is 5.20. The topological polar surface area (TPSA) is 91.4 Å². The van der Waals surface area contributed by atoms with Gasteiger partial charge in [0.05, 0.1) is 17.6 Å². The molecule has 8 nitrogen and oxygen atoms in total. The standard InChI is InChI=1S/C19H16F2N4O4S/c1-3-7-25-17(13-6-8-27-11(13)2)23-24-18(25)30-10-16(26)22-12-4-5-14-15(9-12)29-19(20,21)28-14/h3-6,8-9H,1,7,10H2,2H3,(H,22,26). The number of carbonyl (C=O) groups is 1. The van der Waals surface area contributed by atoms with Crippen LogP contribution in [0.5, 0.6) is 11.5 Å². The first kappa shape index (κ1) is 20.0. The van der Waals surface area contributed by atoms with Crippen molar-refractivity contribution < 1.29 is 27.5 Å². The van der Waals surface area contributed by atoms with Gasteiger partial charge in [-0.2, -0.15) is 0 Å². The molecule has 4 rings (SSSR count). The van der Waals surface area contributed by atoms with Gasteiger partial charge in [0.1, 0.15) is 5.76 Å². The van der Waals surface area contributed by atoms with E-state index in [0.29, 0.717) is 29.0 Å². The summed E-state index contributed by atoms with van der Waals surface area (Å²) in [6.45, 7) is 6.02. The zero-order valence-electron chi connectivity index (χ0n) is 15.7. The van der Waals surface area contributed by atoms with E-state index in [0.717, 1.165) is 5.56 Å². The molecule has 0 fully saturated rings. The van der Waals surface area contributed by atoms with Crippen molar-refractivity contribution in [1.29, 1.82) is 0 Å². The van der Waals surface area contributed by atoms with Crippen molar-refractivity contribution in [2.24, 2.45) is 0 Å². The van der Waals surface area contributed by atoms with E-state index < -0.39 is 6.29 Å². The van der Waals surface area contributed by atoms with Crippen LogP contribution in [0.15, 0.2) is 52.8 Å². The predicted octanol–water partition coefficient (Wildman–Crippen LogP) is 4.08. The van der Waals surface area contributed by atoms with Gasteiger partial charge in [-0.15, -0.1) is 25.6 Å². The number of benzene rings is 1. The van der Waals surface area contributed by atoms with Gasteiger partial charge in [0.15, 0.2) is 22.5 Å². The van der Waals surface area contributed by atoms with Crippen molar-refractivity contribution in [3.8, 4) is 22.9 Å². The Bertz CT molecular complexity index is 1110. The second kappa shape index (κ2) is 7.82. The highest BCUT2D eigenvalue weighted by molar-refractivity contribution is 7.99. The molecule has 0 spiro atoms. The number of aromatic nitrogens is 3. The second-order valence-corrected chi connectivity index (χ2v) is 7.20. The predicted molar refractivity (Wildman–Crippen MR) is 105 cm³/mol. The molecule has 2 aromatic heterocycles. The number of rotatable bonds is 7. The molecule has 1 amide bonds. The van der Waals surface area contributed by atoms with E-state index >= 15 is 0 Å². The van der Waals surface area contributed by atoms with Gasteiger partial charge in [0, 0.05) is 18.3 Å². The Labute approximate surface area is 173 Å². The first-order chi connectivity index (χ1) is 14.4. The molecular formula is C19H16F2N4O4S. The van der Waals surface area contributed by atoms with E-state index in [4.69, 9.17) is 4.42 Å². The van der Waals surface area contributed by atoms with Crippen molar-refractivity contribution in [2.75, 3.05) is 11.1 Å². The van der Waals surface area contributed by atoms with Crippen molar-refractivity contribution in [3.63, 3.8) is 0 Å². The fourth-order valence-electron chi connectivity index (χ4n) is 2.86. The Balaban J connectivity index is 1.43. The highest BCUT2D eigenvalue weighted by atomic mass is 32.2. The number of nitrogens with zero attached hydrogens (tertiary/aromatic N) is 3. The third-order valence-electron chi connectivity index (χ3n) is 4.15. The van der Waals surface area contributed by atoms with E-state index in [1.165, 1.54) is 30.0 Å². The maximum Gasteiger partial charge on any atom is 0.586 e. The molecule has 1 aromatic carbocycles. The Hall–Kier alpha value is -3.34. The lowest BCUT2D eigenvalue weighted by molar-refractivity contribution is -0.286. The minimum Gasteiger partial charge on any atom is -0.469 e. The van der Waals surface area contributed by atoms with Crippen LogP contribution in [0.1, 0.15) is 5.76 Å². The summed E-state index contributed by atoms with van der Waals surface area (Å²) in [7, 11) is 0. The second-order valence-electron chi connectivity index (χ2n) is 6.26. The smallest absolute Gasteiger partial charge is 0.469 e. The molecule has 3 aromatic rings. The average molecular weight is 434 g/mol. The number of thioether (sulfide) groups is 1. The number of nitrogens with one attached hydrogen (secondary N) is 1. The lowest BCUT2D eigenvalue weighted by atomic mass is 10.2. The van der Waals surface area contributed by atoms with Crippen LogP contribution >= 0.6 is 11.8 Å². The summed E-state index contributed by atoms with van der Waals surface area (Å²) in [6.07, 6.45) is -0.436. The minimum atomic E-state index is -3.71. The highest BCUT2D eigenvalue weighted by Crippen LogP contribution is 2.42. The summed E-state index contributed by atoms with van der Waals surface area (Å²) in [5, 5.41) is 11.5. The number of fused-ring (bicyclic) bond motifs is 1. The van der Waals surface area contributed by atoms with Crippen LogP contribution in [0.3, 0.4) is 0 Å². The molecule has 0 saturated heterocycles.